The van der Waals surface area contributed by atoms with Gasteiger partial charge in [-0.3, -0.25) is 9.13 Å². The maximum Gasteiger partial charge on any atom is 0.254 e. The number of benzene rings is 5. The van der Waals surface area contributed by atoms with Gasteiger partial charge in [0, 0.05) is 22.2 Å². The molecule has 2 aliphatic carbocycles. The van der Waals surface area contributed by atoms with Crippen LogP contribution < -0.4 is 16.4 Å². The third kappa shape index (κ3) is 2.30. The summed E-state index contributed by atoms with van der Waals surface area (Å²) in [6.07, 6.45) is 4.09. The molecule has 0 fully saturated rings. The minimum Gasteiger partial charge on any atom is -0.300 e. The van der Waals surface area contributed by atoms with E-state index in [1.165, 1.54) is 83.3 Å². The normalized spacial score (nSPS) is 16.7. The number of hydrogen-bond acceptors (Lipinski definition) is 2. The minimum atomic E-state index is -0.112. The van der Waals surface area contributed by atoms with E-state index in [9.17, 15) is 0 Å². The average Bonchev–Trinajstić information content (AvgIpc) is 3.75. The Morgan fingerprint density at radius 2 is 1.00 bits per heavy atom. The smallest absolute Gasteiger partial charge is 0.254 e. The van der Waals surface area contributed by atoms with Crippen LogP contribution in [0, 0.1) is 0 Å². The van der Waals surface area contributed by atoms with Crippen molar-refractivity contribution in [1.82, 2.24) is 19.1 Å². The molecule has 4 nitrogen and oxygen atoms in total. The predicted octanol–water partition coefficient (Wildman–Crippen LogP) is 6.12. The first kappa shape index (κ1) is 22.7. The van der Waals surface area contributed by atoms with Crippen molar-refractivity contribution >= 4 is 45.2 Å². The van der Waals surface area contributed by atoms with Crippen molar-refractivity contribution in [3.05, 3.63) is 114 Å². The number of aromatic nitrogens is 4. The molecule has 0 bridgehead atoms. The molecular formula is C38H27BN4. The molecular weight excluding hydrogens is 523 g/mol. The summed E-state index contributed by atoms with van der Waals surface area (Å²) < 4.78 is 4.71. The van der Waals surface area contributed by atoms with Crippen LogP contribution in [0.25, 0.3) is 55.7 Å². The zero-order valence-corrected chi connectivity index (χ0v) is 24.5. The topological polar surface area (TPSA) is 35.6 Å². The van der Waals surface area contributed by atoms with Crippen LogP contribution in [-0.4, -0.2) is 25.8 Å². The van der Waals surface area contributed by atoms with Gasteiger partial charge in [0.05, 0.1) is 22.1 Å². The second-order valence-electron chi connectivity index (χ2n) is 13.9. The summed E-state index contributed by atoms with van der Waals surface area (Å²) in [5.74, 6) is 0. The fourth-order valence-corrected chi connectivity index (χ4v) is 9.38. The predicted molar refractivity (Wildman–Crippen MR) is 175 cm³/mol. The van der Waals surface area contributed by atoms with Gasteiger partial charge in [-0.1, -0.05) is 82.3 Å². The Kier molecular flexibility index (Phi) is 3.61. The monoisotopic (exact) mass is 550 g/mol. The van der Waals surface area contributed by atoms with E-state index in [0.29, 0.717) is 0 Å². The second-order valence-corrected chi connectivity index (χ2v) is 13.9. The van der Waals surface area contributed by atoms with Crippen LogP contribution in [0.1, 0.15) is 49.9 Å². The molecule has 5 aromatic carbocycles. The first-order valence-electron chi connectivity index (χ1n) is 15.3. The van der Waals surface area contributed by atoms with Crippen LogP contribution in [0.3, 0.4) is 0 Å². The maximum atomic E-state index is 5.07. The third-order valence-corrected chi connectivity index (χ3v) is 11.3. The quantitative estimate of drug-likeness (QED) is 0.213. The van der Waals surface area contributed by atoms with E-state index in [1.54, 1.807) is 0 Å². The van der Waals surface area contributed by atoms with Crippen molar-refractivity contribution < 1.29 is 0 Å². The molecule has 0 atom stereocenters. The largest absolute Gasteiger partial charge is 0.300 e. The van der Waals surface area contributed by atoms with Gasteiger partial charge in [-0.25, -0.2) is 9.97 Å². The zero-order valence-electron chi connectivity index (χ0n) is 24.5. The lowest BCUT2D eigenvalue weighted by Gasteiger charge is -2.35. The van der Waals surface area contributed by atoms with Crippen molar-refractivity contribution in [1.29, 1.82) is 0 Å². The van der Waals surface area contributed by atoms with E-state index in [-0.39, 0.29) is 17.5 Å². The van der Waals surface area contributed by atoms with Crippen molar-refractivity contribution in [3.63, 3.8) is 0 Å². The van der Waals surface area contributed by atoms with Crippen LogP contribution in [0.2, 0.25) is 0 Å². The lowest BCUT2D eigenvalue weighted by Crippen LogP contribution is -2.60. The Balaban J connectivity index is 1.40. The van der Waals surface area contributed by atoms with Gasteiger partial charge < -0.3 is 0 Å². The maximum absolute atomic E-state index is 5.07. The molecule has 2 aromatic heterocycles. The summed E-state index contributed by atoms with van der Waals surface area (Å²) in [5.41, 5.74) is 22.1. The molecule has 0 radical (unpaired) electrons. The van der Waals surface area contributed by atoms with E-state index < -0.39 is 0 Å². The first-order chi connectivity index (χ1) is 20.9. The summed E-state index contributed by atoms with van der Waals surface area (Å²) >= 11 is 0. The van der Waals surface area contributed by atoms with Gasteiger partial charge >= 0.3 is 0 Å². The van der Waals surface area contributed by atoms with E-state index in [0.717, 1.165) is 11.0 Å². The van der Waals surface area contributed by atoms with E-state index >= 15 is 0 Å². The van der Waals surface area contributed by atoms with Gasteiger partial charge in [0.2, 0.25) is 0 Å². The third-order valence-electron chi connectivity index (χ3n) is 11.3. The first-order valence-corrected chi connectivity index (χ1v) is 15.3. The second kappa shape index (κ2) is 6.84. The highest BCUT2D eigenvalue weighted by atomic mass is 15.1. The Morgan fingerprint density at radius 1 is 0.535 bits per heavy atom. The van der Waals surface area contributed by atoms with Gasteiger partial charge in [0.1, 0.15) is 12.7 Å². The lowest BCUT2D eigenvalue weighted by molar-refractivity contribution is 0.661. The number of nitrogens with zero attached hydrogens (tertiary/aromatic N) is 4. The molecule has 0 unspecified atom stereocenters. The lowest BCUT2D eigenvalue weighted by atomic mass is 9.32. The summed E-state index contributed by atoms with van der Waals surface area (Å²) in [4.78, 5) is 10.1. The number of hydrogen-bond donors (Lipinski definition) is 0. The van der Waals surface area contributed by atoms with Gasteiger partial charge in [0.15, 0.2) is 0 Å². The summed E-state index contributed by atoms with van der Waals surface area (Å²) in [5, 5.41) is 0. The number of imidazole rings is 2. The molecule has 7 aromatic rings. The molecule has 202 valence electrons. The van der Waals surface area contributed by atoms with E-state index in [4.69, 9.17) is 9.97 Å². The Bertz CT molecular complexity index is 2300. The van der Waals surface area contributed by atoms with Crippen LogP contribution in [0.15, 0.2) is 91.5 Å². The fourth-order valence-electron chi connectivity index (χ4n) is 9.38. The molecule has 2 aliphatic heterocycles. The van der Waals surface area contributed by atoms with Crippen molar-refractivity contribution in [3.8, 4) is 33.6 Å². The molecule has 5 heteroatoms. The van der Waals surface area contributed by atoms with E-state index in [2.05, 4.69) is 116 Å². The molecule has 0 amide bonds. The van der Waals surface area contributed by atoms with Gasteiger partial charge in [0.25, 0.3) is 6.71 Å². The Hall–Kier alpha value is -4.90. The van der Waals surface area contributed by atoms with Gasteiger partial charge in [-0.2, -0.15) is 0 Å². The molecule has 0 spiro atoms. The summed E-state index contributed by atoms with van der Waals surface area (Å²) in [6.45, 7) is 9.56. The van der Waals surface area contributed by atoms with E-state index in [1.807, 2.05) is 12.7 Å². The fraction of sp³-hybridized carbons (Fsp3) is 0.158. The Labute approximate surface area is 249 Å². The summed E-state index contributed by atoms with van der Waals surface area (Å²) in [6, 6.07) is 29.6. The molecule has 4 aliphatic rings. The van der Waals surface area contributed by atoms with Gasteiger partial charge in [-0.15, -0.1) is 0 Å². The zero-order chi connectivity index (χ0) is 28.6. The highest BCUT2D eigenvalue weighted by Crippen LogP contribution is 2.52. The van der Waals surface area contributed by atoms with Gasteiger partial charge in [-0.05, 0) is 85.2 Å². The number of fused-ring (bicyclic) bond motifs is 12. The highest BCUT2D eigenvalue weighted by molar-refractivity contribution is 7.01. The van der Waals surface area contributed by atoms with Crippen molar-refractivity contribution in [2.75, 3.05) is 0 Å². The van der Waals surface area contributed by atoms with Crippen LogP contribution in [0.4, 0.5) is 0 Å². The molecule has 0 saturated heterocycles. The van der Waals surface area contributed by atoms with Crippen LogP contribution >= 0.6 is 0 Å². The van der Waals surface area contributed by atoms with Crippen molar-refractivity contribution in [2.45, 2.75) is 38.5 Å². The molecule has 0 N–H and O–H groups in total. The standard InChI is InChI=1S/C38H27BN4/c1-37(2)22-12-7-5-10-20(22)30-24(37)16-26-35-33(30)39-32-28(42(35)18-40-26)14-9-15-29(32)43-19-41-27-17-25-31(34(39)36(27)43)21-11-6-8-13-23(21)38(25,3)4/h5-19H,1-4H3. The Morgan fingerprint density at radius 3 is 1.49 bits per heavy atom. The molecule has 11 rings (SSSR count). The SMILES string of the molecule is CC1(C)c2ccccc2-c2c1cc1ncn3c1c2B1c2c-3cccc2-n2cnc3cc4c(c1c32)-c1ccccc1C4(C)C. The molecule has 43 heavy (non-hydrogen) atoms. The van der Waals surface area contributed by atoms with Crippen LogP contribution in [0.5, 0.6) is 0 Å². The highest BCUT2D eigenvalue weighted by Gasteiger charge is 2.49. The van der Waals surface area contributed by atoms with Crippen molar-refractivity contribution in [2.24, 2.45) is 0 Å². The van der Waals surface area contributed by atoms with Crippen LogP contribution in [-0.2, 0) is 10.8 Å². The minimum absolute atomic E-state index is 0.0541. The number of rotatable bonds is 0. The molecule has 0 saturated carbocycles. The molecule has 4 heterocycles. The average molecular weight is 550 g/mol. The summed E-state index contributed by atoms with van der Waals surface area (Å²) in [7, 11) is 0.